The minimum Gasteiger partial charge on any atom is -0.491 e. The third-order valence-electron chi connectivity index (χ3n) is 3.25. The van der Waals surface area contributed by atoms with Gasteiger partial charge in [0.25, 0.3) is 0 Å². The van der Waals surface area contributed by atoms with Gasteiger partial charge in [0.15, 0.2) is 0 Å². The second kappa shape index (κ2) is 7.84. The van der Waals surface area contributed by atoms with Crippen molar-refractivity contribution in [1.82, 2.24) is 14.9 Å². The lowest BCUT2D eigenvalue weighted by molar-refractivity contribution is 0.242. The van der Waals surface area contributed by atoms with Gasteiger partial charge in [0.1, 0.15) is 5.75 Å². The molecule has 21 heavy (non-hydrogen) atoms. The third-order valence-corrected chi connectivity index (χ3v) is 3.25. The summed E-state index contributed by atoms with van der Waals surface area (Å²) < 4.78 is 7.80. The normalized spacial score (nSPS) is 12.6. The summed E-state index contributed by atoms with van der Waals surface area (Å²) >= 11 is 0. The number of imidazole rings is 1. The Balaban J connectivity index is 2.08. The molecular formula is C17H25N3O. The Morgan fingerprint density at radius 2 is 2.00 bits per heavy atom. The molecule has 0 aliphatic carbocycles. The van der Waals surface area contributed by atoms with E-state index in [0.29, 0.717) is 0 Å². The van der Waals surface area contributed by atoms with Gasteiger partial charge in [-0.25, -0.2) is 4.98 Å². The molecule has 1 atom stereocenters. The van der Waals surface area contributed by atoms with E-state index in [2.05, 4.69) is 33.9 Å². The molecule has 0 aliphatic heterocycles. The maximum Gasteiger partial charge on any atom is 0.119 e. The summed E-state index contributed by atoms with van der Waals surface area (Å²) in [7, 11) is 0. The van der Waals surface area contributed by atoms with Crippen LogP contribution in [0.25, 0.3) is 0 Å². The highest BCUT2D eigenvalue weighted by Crippen LogP contribution is 2.20. The van der Waals surface area contributed by atoms with Crippen LogP contribution in [0.4, 0.5) is 0 Å². The number of benzene rings is 1. The fourth-order valence-corrected chi connectivity index (χ4v) is 2.26. The Kier molecular flexibility index (Phi) is 5.81. The van der Waals surface area contributed by atoms with Crippen molar-refractivity contribution in [3.8, 4) is 5.75 Å². The summed E-state index contributed by atoms with van der Waals surface area (Å²) in [5.74, 6) is 0.922. The number of rotatable bonds is 8. The monoisotopic (exact) mass is 287 g/mol. The summed E-state index contributed by atoms with van der Waals surface area (Å²) in [5, 5.41) is 3.59. The van der Waals surface area contributed by atoms with Gasteiger partial charge >= 0.3 is 0 Å². The molecule has 1 aromatic heterocycles. The van der Waals surface area contributed by atoms with Crippen LogP contribution in [0.2, 0.25) is 0 Å². The van der Waals surface area contributed by atoms with Crippen LogP contribution in [0.15, 0.2) is 43.0 Å². The van der Waals surface area contributed by atoms with E-state index >= 15 is 0 Å². The van der Waals surface area contributed by atoms with Crippen molar-refractivity contribution in [3.63, 3.8) is 0 Å². The third kappa shape index (κ3) is 4.90. The summed E-state index contributed by atoms with van der Waals surface area (Å²) in [6.45, 7) is 8.14. The largest absolute Gasteiger partial charge is 0.491 e. The van der Waals surface area contributed by atoms with Crippen LogP contribution in [0.3, 0.4) is 0 Å². The minimum absolute atomic E-state index is 0.204. The zero-order valence-corrected chi connectivity index (χ0v) is 13.1. The SMILES string of the molecule is CCCNC(Cn1ccnc1)c1ccc(OC(C)C)cc1. The molecule has 4 nitrogen and oxygen atoms in total. The van der Waals surface area contributed by atoms with Gasteiger partial charge in [-0.05, 0) is 44.5 Å². The average molecular weight is 287 g/mol. The van der Waals surface area contributed by atoms with Gasteiger partial charge in [-0.15, -0.1) is 0 Å². The van der Waals surface area contributed by atoms with Crippen LogP contribution in [0, 0.1) is 0 Å². The first-order valence-corrected chi connectivity index (χ1v) is 7.64. The van der Waals surface area contributed by atoms with Crippen molar-refractivity contribution in [2.24, 2.45) is 0 Å². The first-order chi connectivity index (χ1) is 10.2. The van der Waals surface area contributed by atoms with Crippen molar-refractivity contribution in [2.45, 2.75) is 45.9 Å². The summed E-state index contributed by atoms with van der Waals surface area (Å²) in [5.41, 5.74) is 1.27. The second-order valence-electron chi connectivity index (χ2n) is 5.50. The van der Waals surface area contributed by atoms with E-state index in [4.69, 9.17) is 4.74 Å². The lowest BCUT2D eigenvalue weighted by Crippen LogP contribution is -2.26. The van der Waals surface area contributed by atoms with Crippen molar-refractivity contribution in [2.75, 3.05) is 6.54 Å². The molecule has 1 N–H and O–H groups in total. The molecule has 0 aliphatic rings. The van der Waals surface area contributed by atoms with E-state index in [9.17, 15) is 0 Å². The number of hydrogen-bond acceptors (Lipinski definition) is 3. The molecule has 2 aromatic rings. The van der Waals surface area contributed by atoms with Crippen molar-refractivity contribution in [1.29, 1.82) is 0 Å². The Morgan fingerprint density at radius 3 is 2.57 bits per heavy atom. The molecule has 0 radical (unpaired) electrons. The van der Waals surface area contributed by atoms with Crippen LogP contribution < -0.4 is 10.1 Å². The zero-order chi connectivity index (χ0) is 15.1. The van der Waals surface area contributed by atoms with Gasteiger partial charge in [-0.3, -0.25) is 0 Å². The topological polar surface area (TPSA) is 39.1 Å². The van der Waals surface area contributed by atoms with Crippen molar-refractivity contribution < 1.29 is 4.74 Å². The van der Waals surface area contributed by atoms with Gasteiger partial charge in [0.05, 0.1) is 18.5 Å². The number of nitrogens with zero attached hydrogens (tertiary/aromatic N) is 2. The first kappa shape index (κ1) is 15.6. The molecule has 2 rings (SSSR count). The predicted molar refractivity (Wildman–Crippen MR) is 85.5 cm³/mol. The van der Waals surface area contributed by atoms with E-state index in [1.165, 1.54) is 5.56 Å². The maximum absolute atomic E-state index is 5.70. The zero-order valence-electron chi connectivity index (χ0n) is 13.1. The molecule has 0 amide bonds. The standard InChI is InChI=1S/C17H25N3O/c1-4-9-19-17(12-20-11-10-18-13-20)15-5-7-16(8-6-15)21-14(2)3/h5-8,10-11,13-14,17,19H,4,9,12H2,1-3H3. The lowest BCUT2D eigenvalue weighted by Gasteiger charge is -2.20. The van der Waals surface area contributed by atoms with E-state index in [1.54, 1.807) is 0 Å². The van der Waals surface area contributed by atoms with Crippen molar-refractivity contribution in [3.05, 3.63) is 48.5 Å². The smallest absolute Gasteiger partial charge is 0.119 e. The molecule has 0 fully saturated rings. The summed E-state index contributed by atoms with van der Waals surface area (Å²) in [4.78, 5) is 4.11. The minimum atomic E-state index is 0.204. The Labute approximate surface area is 127 Å². The highest BCUT2D eigenvalue weighted by Gasteiger charge is 2.11. The molecule has 0 bridgehead atoms. The van der Waals surface area contributed by atoms with Gasteiger partial charge in [0, 0.05) is 18.9 Å². The lowest BCUT2D eigenvalue weighted by atomic mass is 10.1. The van der Waals surface area contributed by atoms with Crippen LogP contribution in [0.5, 0.6) is 5.75 Å². The number of nitrogens with one attached hydrogen (secondary N) is 1. The Morgan fingerprint density at radius 1 is 1.24 bits per heavy atom. The molecule has 114 valence electrons. The van der Waals surface area contributed by atoms with Crippen molar-refractivity contribution >= 4 is 0 Å². The van der Waals surface area contributed by atoms with Crippen LogP contribution >= 0.6 is 0 Å². The van der Waals surface area contributed by atoms with Gasteiger partial charge < -0.3 is 14.6 Å². The number of ether oxygens (including phenoxy) is 1. The van der Waals surface area contributed by atoms with E-state index in [0.717, 1.165) is 25.3 Å². The second-order valence-corrected chi connectivity index (χ2v) is 5.50. The Bertz CT molecular complexity index is 505. The summed E-state index contributed by atoms with van der Waals surface area (Å²) in [6, 6.07) is 8.66. The average Bonchev–Trinajstić information content (AvgIpc) is 2.97. The van der Waals surface area contributed by atoms with Crippen LogP contribution in [-0.4, -0.2) is 22.2 Å². The van der Waals surface area contributed by atoms with Crippen LogP contribution in [-0.2, 0) is 6.54 Å². The fourth-order valence-electron chi connectivity index (χ4n) is 2.26. The van der Waals surface area contributed by atoms with E-state index in [1.807, 2.05) is 44.7 Å². The first-order valence-electron chi connectivity index (χ1n) is 7.64. The summed E-state index contributed by atoms with van der Waals surface area (Å²) in [6.07, 6.45) is 7.00. The molecule has 1 aromatic carbocycles. The molecule has 0 saturated heterocycles. The molecule has 0 spiro atoms. The van der Waals surface area contributed by atoms with Crippen LogP contribution in [0.1, 0.15) is 38.8 Å². The van der Waals surface area contributed by atoms with Gasteiger partial charge in [-0.2, -0.15) is 0 Å². The molecule has 0 saturated carbocycles. The van der Waals surface area contributed by atoms with Gasteiger partial charge in [-0.1, -0.05) is 19.1 Å². The highest BCUT2D eigenvalue weighted by molar-refractivity contribution is 5.29. The quantitative estimate of drug-likeness (QED) is 0.808. The molecule has 4 heteroatoms. The number of hydrogen-bond donors (Lipinski definition) is 1. The van der Waals surface area contributed by atoms with E-state index in [-0.39, 0.29) is 12.1 Å². The molecular weight excluding hydrogens is 262 g/mol. The molecule has 1 heterocycles. The number of aromatic nitrogens is 2. The maximum atomic E-state index is 5.70. The predicted octanol–water partition coefficient (Wildman–Crippen LogP) is 3.41. The van der Waals surface area contributed by atoms with Gasteiger partial charge in [0.2, 0.25) is 0 Å². The molecule has 1 unspecified atom stereocenters. The fraction of sp³-hybridized carbons (Fsp3) is 0.471. The van der Waals surface area contributed by atoms with E-state index < -0.39 is 0 Å². The highest BCUT2D eigenvalue weighted by atomic mass is 16.5. The Hall–Kier alpha value is -1.81.